The van der Waals surface area contributed by atoms with Gasteiger partial charge >= 0.3 is 0 Å². The molecule has 0 bridgehead atoms. The highest BCUT2D eigenvalue weighted by molar-refractivity contribution is 5.92. The molecule has 0 atom stereocenters. The van der Waals surface area contributed by atoms with Gasteiger partial charge in [-0.1, -0.05) is 0 Å². The predicted molar refractivity (Wildman–Crippen MR) is 93.2 cm³/mol. The van der Waals surface area contributed by atoms with Crippen molar-refractivity contribution in [1.29, 1.82) is 0 Å². The highest BCUT2D eigenvalue weighted by Crippen LogP contribution is 2.14. The molecule has 0 radical (unpaired) electrons. The van der Waals surface area contributed by atoms with Crippen LogP contribution in [0.2, 0.25) is 0 Å². The number of carbonyl (C=O) groups is 1. The van der Waals surface area contributed by atoms with Crippen LogP contribution in [0.5, 0.6) is 0 Å². The molecule has 0 aliphatic rings. The number of aryl methyl sites for hydroxylation is 1. The Morgan fingerprint density at radius 3 is 2.46 bits per heavy atom. The molecule has 24 heavy (non-hydrogen) atoms. The largest absolute Gasteiger partial charge is 0.353 e. The number of hydrogen-bond donors (Lipinski definition) is 0. The number of aromatic nitrogens is 1. The van der Waals surface area contributed by atoms with Crippen LogP contribution >= 0.6 is 0 Å². The van der Waals surface area contributed by atoms with Crippen molar-refractivity contribution < 1.29 is 9.72 Å². The first kappa shape index (κ1) is 17.5. The van der Waals surface area contributed by atoms with Gasteiger partial charge in [0.25, 0.3) is 5.69 Å². The smallest absolute Gasteiger partial charge is 0.269 e. The number of rotatable bonds is 6. The molecule has 0 unspecified atom stereocenters. The summed E-state index contributed by atoms with van der Waals surface area (Å²) in [7, 11) is 1.95. The Bertz CT molecular complexity index is 745. The first-order chi connectivity index (χ1) is 11.4. The summed E-state index contributed by atoms with van der Waals surface area (Å²) in [4.78, 5) is 24.5. The molecule has 2 aromatic rings. The Morgan fingerprint density at radius 2 is 1.96 bits per heavy atom. The number of amides is 1. The van der Waals surface area contributed by atoms with Gasteiger partial charge in [0.05, 0.1) is 11.5 Å². The van der Waals surface area contributed by atoms with Gasteiger partial charge in [-0.05, 0) is 49.8 Å². The van der Waals surface area contributed by atoms with Gasteiger partial charge in [-0.15, -0.1) is 0 Å². The molecule has 1 aromatic carbocycles. The predicted octanol–water partition coefficient (Wildman–Crippen LogP) is 3.38. The SMILES string of the molecule is CC(C)N(Cc1cccn1C)C(=O)/C=C/c1ccc([N+](=O)[O-])cc1. The average molecular weight is 327 g/mol. The zero-order valence-corrected chi connectivity index (χ0v) is 14.0. The number of hydrogen-bond acceptors (Lipinski definition) is 3. The van der Waals surface area contributed by atoms with Crippen LogP contribution in [0.4, 0.5) is 5.69 Å². The number of nitro benzene ring substituents is 1. The van der Waals surface area contributed by atoms with Crippen molar-refractivity contribution in [3.8, 4) is 0 Å². The lowest BCUT2D eigenvalue weighted by Crippen LogP contribution is -2.35. The summed E-state index contributed by atoms with van der Waals surface area (Å²) in [6.45, 7) is 4.48. The van der Waals surface area contributed by atoms with E-state index in [0.29, 0.717) is 6.54 Å². The van der Waals surface area contributed by atoms with E-state index in [2.05, 4.69) is 0 Å². The number of benzene rings is 1. The van der Waals surface area contributed by atoms with Crippen molar-refractivity contribution in [3.05, 3.63) is 70.0 Å². The molecule has 0 fully saturated rings. The number of carbonyl (C=O) groups excluding carboxylic acids is 1. The van der Waals surface area contributed by atoms with Crippen LogP contribution in [-0.2, 0) is 18.4 Å². The van der Waals surface area contributed by atoms with Gasteiger partial charge in [-0.25, -0.2) is 0 Å². The summed E-state index contributed by atoms with van der Waals surface area (Å²) < 4.78 is 1.99. The number of nitro groups is 1. The Kier molecular flexibility index (Phi) is 5.52. The van der Waals surface area contributed by atoms with Crippen molar-refractivity contribution in [2.75, 3.05) is 0 Å². The molecule has 0 spiro atoms. The third-order valence-electron chi connectivity index (χ3n) is 3.81. The van der Waals surface area contributed by atoms with Crippen molar-refractivity contribution in [1.82, 2.24) is 9.47 Å². The molecule has 0 aliphatic heterocycles. The fraction of sp³-hybridized carbons (Fsp3) is 0.278. The van der Waals surface area contributed by atoms with E-state index < -0.39 is 4.92 Å². The molecule has 0 saturated heterocycles. The maximum atomic E-state index is 12.5. The minimum Gasteiger partial charge on any atom is -0.353 e. The molecule has 6 heteroatoms. The van der Waals surface area contributed by atoms with Crippen LogP contribution in [0.1, 0.15) is 25.1 Å². The van der Waals surface area contributed by atoms with Gasteiger partial charge in [0.2, 0.25) is 5.91 Å². The highest BCUT2D eigenvalue weighted by atomic mass is 16.6. The summed E-state index contributed by atoms with van der Waals surface area (Å²) in [5.74, 6) is -0.0930. The fourth-order valence-electron chi connectivity index (χ4n) is 2.32. The molecule has 1 aromatic heterocycles. The van der Waals surface area contributed by atoms with Gasteiger partial charge in [0, 0.05) is 43.2 Å². The molecule has 0 aliphatic carbocycles. The van der Waals surface area contributed by atoms with E-state index in [9.17, 15) is 14.9 Å². The van der Waals surface area contributed by atoms with E-state index >= 15 is 0 Å². The van der Waals surface area contributed by atoms with Gasteiger partial charge < -0.3 is 9.47 Å². The van der Waals surface area contributed by atoms with Crippen LogP contribution in [0.25, 0.3) is 6.08 Å². The highest BCUT2D eigenvalue weighted by Gasteiger charge is 2.16. The second-order valence-electron chi connectivity index (χ2n) is 5.85. The lowest BCUT2D eigenvalue weighted by atomic mass is 10.2. The van der Waals surface area contributed by atoms with E-state index in [1.165, 1.54) is 18.2 Å². The van der Waals surface area contributed by atoms with Gasteiger partial charge in [0.1, 0.15) is 0 Å². The van der Waals surface area contributed by atoms with E-state index in [-0.39, 0.29) is 17.6 Å². The first-order valence-electron chi connectivity index (χ1n) is 7.72. The number of nitrogens with zero attached hydrogens (tertiary/aromatic N) is 3. The Balaban J connectivity index is 2.09. The van der Waals surface area contributed by atoms with E-state index in [1.807, 2.05) is 43.8 Å². The topological polar surface area (TPSA) is 68.4 Å². The lowest BCUT2D eigenvalue weighted by Gasteiger charge is -2.25. The van der Waals surface area contributed by atoms with Crippen LogP contribution < -0.4 is 0 Å². The maximum Gasteiger partial charge on any atom is 0.269 e. The molecule has 126 valence electrons. The molecule has 6 nitrogen and oxygen atoms in total. The molecular weight excluding hydrogens is 306 g/mol. The van der Waals surface area contributed by atoms with E-state index in [4.69, 9.17) is 0 Å². The van der Waals surface area contributed by atoms with Gasteiger partial charge in [-0.2, -0.15) is 0 Å². The zero-order valence-electron chi connectivity index (χ0n) is 14.0. The monoisotopic (exact) mass is 327 g/mol. The summed E-state index contributed by atoms with van der Waals surface area (Å²) in [6.07, 6.45) is 5.13. The van der Waals surface area contributed by atoms with E-state index in [0.717, 1.165) is 11.3 Å². The van der Waals surface area contributed by atoms with Crippen molar-refractivity contribution >= 4 is 17.7 Å². The van der Waals surface area contributed by atoms with Crippen LogP contribution in [0.15, 0.2) is 48.7 Å². The fourth-order valence-corrected chi connectivity index (χ4v) is 2.32. The molecule has 0 N–H and O–H groups in total. The third kappa shape index (κ3) is 4.32. The quantitative estimate of drug-likeness (QED) is 0.464. The molecular formula is C18H21N3O3. The average Bonchev–Trinajstić information content (AvgIpc) is 2.95. The summed E-state index contributed by atoms with van der Waals surface area (Å²) in [5.41, 5.74) is 1.84. The molecule has 0 saturated carbocycles. The van der Waals surface area contributed by atoms with Crippen molar-refractivity contribution in [2.45, 2.75) is 26.4 Å². The van der Waals surface area contributed by atoms with Gasteiger partial charge in [0.15, 0.2) is 0 Å². The summed E-state index contributed by atoms with van der Waals surface area (Å²) >= 11 is 0. The van der Waals surface area contributed by atoms with Gasteiger partial charge in [-0.3, -0.25) is 14.9 Å². The maximum absolute atomic E-state index is 12.5. The first-order valence-corrected chi connectivity index (χ1v) is 7.72. The Hall–Kier alpha value is -2.89. The van der Waals surface area contributed by atoms with E-state index in [1.54, 1.807) is 23.1 Å². The molecule has 1 amide bonds. The second-order valence-corrected chi connectivity index (χ2v) is 5.85. The molecule has 1 heterocycles. The minimum absolute atomic E-state index is 0.0333. The normalized spacial score (nSPS) is 11.2. The zero-order chi connectivity index (χ0) is 17.7. The van der Waals surface area contributed by atoms with Crippen LogP contribution in [0.3, 0.4) is 0 Å². The standard InChI is InChI=1S/C18H21N3O3/c1-14(2)20(13-17-5-4-12-19(17)3)18(22)11-8-15-6-9-16(10-7-15)21(23)24/h4-12,14H,13H2,1-3H3/b11-8+. The van der Waals surface area contributed by atoms with Crippen molar-refractivity contribution in [3.63, 3.8) is 0 Å². The van der Waals surface area contributed by atoms with Crippen LogP contribution in [0, 0.1) is 10.1 Å². The summed E-state index contributed by atoms with van der Waals surface area (Å²) in [6, 6.07) is 10.1. The Morgan fingerprint density at radius 1 is 1.29 bits per heavy atom. The second kappa shape index (κ2) is 7.59. The lowest BCUT2D eigenvalue weighted by molar-refractivity contribution is -0.384. The summed E-state index contributed by atoms with van der Waals surface area (Å²) in [5, 5.41) is 10.6. The minimum atomic E-state index is -0.445. The number of non-ortho nitro benzene ring substituents is 1. The third-order valence-corrected chi connectivity index (χ3v) is 3.81. The van der Waals surface area contributed by atoms with Crippen LogP contribution in [-0.4, -0.2) is 26.3 Å². The molecule has 2 rings (SSSR count). The Labute approximate surface area is 141 Å². The van der Waals surface area contributed by atoms with Crippen molar-refractivity contribution in [2.24, 2.45) is 7.05 Å².